The molecule has 220 valence electrons. The zero-order valence-corrected chi connectivity index (χ0v) is 24.5. The fraction of sp³-hybridized carbons (Fsp3) is 0.321. The average Bonchev–Trinajstić information content (AvgIpc) is 3.54. The monoisotopic (exact) mass is 616 g/mol. The van der Waals surface area contributed by atoms with Gasteiger partial charge >= 0.3 is 11.9 Å². The summed E-state index contributed by atoms with van der Waals surface area (Å²) in [6, 6.07) is 2.74. The zero-order chi connectivity index (χ0) is 30.1. The van der Waals surface area contributed by atoms with Gasteiger partial charge in [-0.25, -0.2) is 28.3 Å². The molecule has 1 aromatic carbocycles. The third-order valence-electron chi connectivity index (χ3n) is 7.28. The molecule has 2 aliphatic rings. The lowest BCUT2D eigenvalue weighted by molar-refractivity contribution is -0.136. The highest BCUT2D eigenvalue weighted by molar-refractivity contribution is 7.11. The summed E-state index contributed by atoms with van der Waals surface area (Å²) < 4.78 is 33.7. The Bertz CT molecular complexity index is 1590. The number of carbonyl (C=O) groups is 2. The highest BCUT2D eigenvalue weighted by Crippen LogP contribution is 2.41. The van der Waals surface area contributed by atoms with Crippen molar-refractivity contribution in [1.82, 2.24) is 15.3 Å². The van der Waals surface area contributed by atoms with Gasteiger partial charge in [-0.2, -0.15) is 0 Å². The van der Waals surface area contributed by atoms with Crippen molar-refractivity contribution >= 4 is 52.2 Å². The van der Waals surface area contributed by atoms with Crippen LogP contribution in [0.15, 0.2) is 52.2 Å². The molecule has 0 bridgehead atoms. The van der Waals surface area contributed by atoms with Gasteiger partial charge in [0.05, 0.1) is 35.2 Å². The van der Waals surface area contributed by atoms with Gasteiger partial charge in [0.25, 0.3) is 0 Å². The van der Waals surface area contributed by atoms with Crippen molar-refractivity contribution in [3.8, 4) is 0 Å². The molecular weight excluding hydrogens is 590 g/mol. The average molecular weight is 617 g/mol. The van der Waals surface area contributed by atoms with Gasteiger partial charge in [-0.3, -0.25) is 4.99 Å². The van der Waals surface area contributed by atoms with Crippen LogP contribution in [0.5, 0.6) is 0 Å². The number of esters is 1. The predicted molar refractivity (Wildman–Crippen MR) is 155 cm³/mol. The number of aromatic carboxylic acids is 1. The number of amidine groups is 1. The van der Waals surface area contributed by atoms with Gasteiger partial charge in [-0.05, 0) is 25.0 Å². The van der Waals surface area contributed by atoms with E-state index in [1.165, 1.54) is 24.5 Å². The molecule has 1 atom stereocenters. The maximum atomic E-state index is 14.6. The van der Waals surface area contributed by atoms with E-state index in [-0.39, 0.29) is 22.6 Å². The zero-order valence-electron chi connectivity index (χ0n) is 22.9. The molecule has 4 heterocycles. The smallest absolute Gasteiger partial charge is 0.338 e. The Morgan fingerprint density at radius 1 is 1.21 bits per heavy atom. The molecule has 2 aliphatic heterocycles. The minimum atomic E-state index is -1.23. The molecule has 0 saturated carbocycles. The minimum Gasteiger partial charge on any atom is -0.478 e. The Hall–Kier alpha value is -4.10. The van der Waals surface area contributed by atoms with E-state index in [1.807, 2.05) is 4.90 Å². The molecule has 42 heavy (non-hydrogen) atoms. The molecule has 0 spiro atoms. The molecule has 3 aromatic rings. The number of carboxylic acids is 1. The van der Waals surface area contributed by atoms with Gasteiger partial charge in [-0.1, -0.05) is 17.7 Å². The number of halogens is 3. The number of allylic oxidation sites excluding steroid dienone is 1. The van der Waals surface area contributed by atoms with Gasteiger partial charge < -0.3 is 25.0 Å². The molecule has 0 aliphatic carbocycles. The van der Waals surface area contributed by atoms with E-state index < -0.39 is 34.6 Å². The van der Waals surface area contributed by atoms with Crippen LogP contribution in [0.1, 0.15) is 39.8 Å². The normalized spacial score (nSPS) is 17.5. The van der Waals surface area contributed by atoms with Crippen molar-refractivity contribution in [3.05, 3.63) is 80.0 Å². The molecule has 1 unspecified atom stereocenters. The number of carbonyl (C=O) groups excluding carboxylic acids is 1. The van der Waals surface area contributed by atoms with Crippen LogP contribution >= 0.6 is 22.9 Å². The number of methoxy groups -OCH3 is 1. The first-order valence-electron chi connectivity index (χ1n) is 13.0. The molecule has 1 fully saturated rings. The summed E-state index contributed by atoms with van der Waals surface area (Å²) in [6.07, 6.45) is 4.28. The van der Waals surface area contributed by atoms with Crippen molar-refractivity contribution in [2.45, 2.75) is 18.9 Å². The van der Waals surface area contributed by atoms with Crippen molar-refractivity contribution in [3.63, 3.8) is 0 Å². The second-order valence-corrected chi connectivity index (χ2v) is 11.2. The van der Waals surface area contributed by atoms with E-state index in [0.29, 0.717) is 54.0 Å². The lowest BCUT2D eigenvalue weighted by Gasteiger charge is -2.37. The van der Waals surface area contributed by atoms with Crippen LogP contribution in [-0.4, -0.2) is 67.1 Å². The number of nitrogens with one attached hydrogen (secondary N) is 1. The topological polar surface area (TPSA) is 120 Å². The SMILES string of the molecule is COC(=O)C1=C(C2CCN(c3cc(C(=O)O)c(N(C)C)cn3)CC2)NC(c2nccs2)=NC1c1ccc(F)c(F)c1Cl. The fourth-order valence-electron chi connectivity index (χ4n) is 5.18. The molecule has 0 radical (unpaired) electrons. The highest BCUT2D eigenvalue weighted by atomic mass is 35.5. The number of anilines is 2. The Kier molecular flexibility index (Phi) is 8.41. The molecular formula is C28H27ClF2N6O4S. The van der Waals surface area contributed by atoms with Crippen molar-refractivity contribution in [1.29, 1.82) is 0 Å². The maximum absolute atomic E-state index is 14.6. The number of ether oxygens (including phenoxy) is 1. The van der Waals surface area contributed by atoms with Crippen LogP contribution in [0.4, 0.5) is 20.3 Å². The van der Waals surface area contributed by atoms with E-state index in [4.69, 9.17) is 16.3 Å². The van der Waals surface area contributed by atoms with Crippen molar-refractivity contribution in [2.75, 3.05) is 44.1 Å². The van der Waals surface area contributed by atoms with Gasteiger partial charge in [0.2, 0.25) is 0 Å². The summed E-state index contributed by atoms with van der Waals surface area (Å²) in [4.78, 5) is 42.3. The molecule has 0 amide bonds. The van der Waals surface area contributed by atoms with Crippen LogP contribution < -0.4 is 15.1 Å². The highest BCUT2D eigenvalue weighted by Gasteiger charge is 2.38. The van der Waals surface area contributed by atoms with Crippen LogP contribution in [0.25, 0.3) is 0 Å². The summed E-state index contributed by atoms with van der Waals surface area (Å²) in [5.41, 5.74) is 1.44. The molecule has 5 rings (SSSR count). The second-order valence-electron chi connectivity index (χ2n) is 9.95. The van der Waals surface area contributed by atoms with E-state index in [0.717, 1.165) is 6.07 Å². The second kappa shape index (κ2) is 12.0. The van der Waals surface area contributed by atoms with E-state index in [9.17, 15) is 23.5 Å². The number of rotatable bonds is 7. The maximum Gasteiger partial charge on any atom is 0.338 e. The molecule has 14 heteroatoms. The summed E-state index contributed by atoms with van der Waals surface area (Å²) in [5, 5.41) is 14.9. The largest absolute Gasteiger partial charge is 0.478 e. The standard InChI is InChI=1S/C28H27ClF2N6O4S/c1-36(2)18-13-33-19(12-16(18)27(38)39)37-9-6-14(7-10-37)23-20(28(40)41-3)24(15-4-5-17(30)22(31)21(15)29)35-25(34-23)26-32-8-11-42-26/h4-5,8,11-14,24H,6-7,9-10H2,1-3H3,(H,34,35)(H,38,39). The van der Waals surface area contributed by atoms with Crippen LogP contribution in [-0.2, 0) is 9.53 Å². The van der Waals surface area contributed by atoms with E-state index in [1.54, 1.807) is 42.8 Å². The lowest BCUT2D eigenvalue weighted by atomic mass is 9.85. The summed E-state index contributed by atoms with van der Waals surface area (Å²) in [7, 11) is 4.74. The number of aliphatic imine (C=N–C) groups is 1. The van der Waals surface area contributed by atoms with Crippen LogP contribution in [0.2, 0.25) is 5.02 Å². The third kappa shape index (κ3) is 5.53. The quantitative estimate of drug-likeness (QED) is 0.288. The first-order valence-corrected chi connectivity index (χ1v) is 14.2. The van der Waals surface area contributed by atoms with Crippen LogP contribution in [0.3, 0.4) is 0 Å². The first kappa shape index (κ1) is 29.4. The van der Waals surface area contributed by atoms with Crippen LogP contribution in [0, 0.1) is 17.6 Å². The Balaban J connectivity index is 1.51. The minimum absolute atomic E-state index is 0.118. The number of thiazole rings is 1. The molecule has 10 nitrogen and oxygen atoms in total. The number of piperidine rings is 1. The van der Waals surface area contributed by atoms with Gasteiger partial charge in [0.1, 0.15) is 11.9 Å². The number of carboxylic acid groups (broad SMARTS) is 1. The summed E-state index contributed by atoms with van der Waals surface area (Å²) in [6.45, 7) is 1.02. The summed E-state index contributed by atoms with van der Waals surface area (Å²) >= 11 is 7.58. The Labute approximate surface area is 249 Å². The van der Waals surface area contributed by atoms with E-state index >= 15 is 0 Å². The molecule has 2 aromatic heterocycles. The van der Waals surface area contributed by atoms with Crippen molar-refractivity contribution in [2.24, 2.45) is 10.9 Å². The predicted octanol–water partition coefficient (Wildman–Crippen LogP) is 4.67. The molecule has 2 N–H and O–H groups in total. The van der Waals surface area contributed by atoms with Gasteiger partial charge in [-0.15, -0.1) is 11.3 Å². The summed E-state index contributed by atoms with van der Waals surface area (Å²) in [5.74, 6) is -3.36. The molecule has 1 saturated heterocycles. The number of aromatic nitrogens is 2. The third-order valence-corrected chi connectivity index (χ3v) is 8.45. The number of benzene rings is 1. The first-order chi connectivity index (χ1) is 20.1. The fourth-order valence-corrected chi connectivity index (χ4v) is 6.03. The number of hydrogen-bond acceptors (Lipinski definition) is 10. The Morgan fingerprint density at radius 3 is 2.57 bits per heavy atom. The number of hydrogen-bond donors (Lipinski definition) is 2. The van der Waals surface area contributed by atoms with E-state index in [2.05, 4.69) is 20.3 Å². The van der Waals surface area contributed by atoms with Crippen molar-refractivity contribution < 1.29 is 28.2 Å². The Morgan fingerprint density at radius 2 is 1.95 bits per heavy atom. The number of nitrogens with zero attached hydrogens (tertiary/aromatic N) is 5. The van der Waals surface area contributed by atoms with Gasteiger partial charge in [0, 0.05) is 55.9 Å². The number of pyridine rings is 1. The van der Waals surface area contributed by atoms with Gasteiger partial charge in [0.15, 0.2) is 22.5 Å². The lowest BCUT2D eigenvalue weighted by Crippen LogP contribution is -2.41.